The number of sulfone groups is 1. The van der Waals surface area contributed by atoms with Crippen LogP contribution in [0.1, 0.15) is 10.4 Å². The van der Waals surface area contributed by atoms with Gasteiger partial charge in [-0.2, -0.15) is 0 Å². The van der Waals surface area contributed by atoms with E-state index in [-0.39, 0.29) is 10.5 Å². The maximum absolute atomic E-state index is 12.9. The normalized spacial score (nSPS) is 11.1. The predicted octanol–water partition coefficient (Wildman–Crippen LogP) is 5.15. The van der Waals surface area contributed by atoms with Crippen molar-refractivity contribution in [3.8, 4) is 33.2 Å². The number of carbonyl (C=O) groups excluding carboxylic acids is 1. The van der Waals surface area contributed by atoms with E-state index >= 15 is 0 Å². The molecule has 0 aliphatic heterocycles. The molecule has 1 amide bonds. The molecule has 3 aromatic carbocycles. The van der Waals surface area contributed by atoms with Gasteiger partial charge in [0.1, 0.15) is 11.5 Å². The third kappa shape index (κ3) is 5.11. The Labute approximate surface area is 201 Å². The third-order valence-electron chi connectivity index (χ3n) is 5.09. The van der Waals surface area contributed by atoms with Crippen LogP contribution >= 0.6 is 11.3 Å². The van der Waals surface area contributed by atoms with Gasteiger partial charge in [-0.1, -0.05) is 17.4 Å². The molecule has 0 fully saturated rings. The van der Waals surface area contributed by atoms with Crippen LogP contribution in [0.25, 0.3) is 21.7 Å². The molecule has 7 nitrogen and oxygen atoms in total. The Morgan fingerprint density at radius 1 is 0.882 bits per heavy atom. The quantitative estimate of drug-likeness (QED) is 0.382. The molecule has 0 spiro atoms. The van der Waals surface area contributed by atoms with Crippen molar-refractivity contribution in [1.29, 1.82) is 0 Å². The van der Waals surface area contributed by atoms with Crippen molar-refractivity contribution in [2.45, 2.75) is 4.90 Å². The minimum absolute atomic E-state index is 0.0807. The van der Waals surface area contributed by atoms with Gasteiger partial charge in [0.25, 0.3) is 5.91 Å². The average Bonchev–Trinajstić information content (AvgIpc) is 3.27. The van der Waals surface area contributed by atoms with Gasteiger partial charge in [-0.25, -0.2) is 13.4 Å². The van der Waals surface area contributed by atoms with Gasteiger partial charge in [0, 0.05) is 17.4 Å². The zero-order chi connectivity index (χ0) is 24.3. The van der Waals surface area contributed by atoms with Gasteiger partial charge in [-0.05, 0) is 72.3 Å². The number of hydrogen-bond donors (Lipinski definition) is 1. The van der Waals surface area contributed by atoms with Gasteiger partial charge in [0.2, 0.25) is 0 Å². The van der Waals surface area contributed by atoms with Crippen molar-refractivity contribution >= 4 is 32.2 Å². The van der Waals surface area contributed by atoms with Crippen LogP contribution in [0.15, 0.2) is 77.7 Å². The summed E-state index contributed by atoms with van der Waals surface area (Å²) in [7, 11) is -0.219. The number of hydrogen-bond acceptors (Lipinski definition) is 7. The lowest BCUT2D eigenvalue weighted by Gasteiger charge is -2.05. The predicted molar refractivity (Wildman–Crippen MR) is 134 cm³/mol. The topological polar surface area (TPSA) is 94.6 Å². The first kappa shape index (κ1) is 23.5. The smallest absolute Gasteiger partial charge is 0.257 e. The molecule has 34 heavy (non-hydrogen) atoms. The van der Waals surface area contributed by atoms with Crippen molar-refractivity contribution in [1.82, 2.24) is 4.98 Å². The van der Waals surface area contributed by atoms with Crippen LogP contribution in [0.3, 0.4) is 0 Å². The van der Waals surface area contributed by atoms with Gasteiger partial charge in [0.05, 0.1) is 29.7 Å². The first-order valence-electron chi connectivity index (χ1n) is 10.2. The Bertz CT molecular complexity index is 1360. The van der Waals surface area contributed by atoms with E-state index in [1.165, 1.54) is 23.5 Å². The van der Waals surface area contributed by atoms with E-state index in [4.69, 9.17) is 9.47 Å². The highest BCUT2D eigenvalue weighted by Crippen LogP contribution is 2.40. The number of amides is 1. The van der Waals surface area contributed by atoms with E-state index in [0.29, 0.717) is 10.8 Å². The van der Waals surface area contributed by atoms with Crippen LogP contribution in [0.4, 0.5) is 5.13 Å². The molecule has 1 aromatic heterocycles. The van der Waals surface area contributed by atoms with Crippen LogP contribution in [0.5, 0.6) is 11.5 Å². The maximum Gasteiger partial charge on any atom is 0.257 e. The molecular formula is C25H22N2O5S2. The number of nitrogens with zero attached hydrogens (tertiary/aromatic N) is 1. The van der Waals surface area contributed by atoms with Gasteiger partial charge in [-0.15, -0.1) is 0 Å². The van der Waals surface area contributed by atoms with E-state index in [0.717, 1.165) is 33.8 Å². The highest BCUT2D eigenvalue weighted by molar-refractivity contribution is 7.90. The number of nitrogens with one attached hydrogen (secondary N) is 1. The number of aromatic nitrogens is 1. The first-order chi connectivity index (χ1) is 16.3. The molecule has 0 aliphatic rings. The average molecular weight is 495 g/mol. The van der Waals surface area contributed by atoms with Crippen molar-refractivity contribution in [3.63, 3.8) is 0 Å². The second-order valence-electron chi connectivity index (χ2n) is 7.41. The highest BCUT2D eigenvalue weighted by atomic mass is 32.2. The third-order valence-corrected chi connectivity index (χ3v) is 7.22. The van der Waals surface area contributed by atoms with Crippen molar-refractivity contribution < 1.29 is 22.7 Å². The minimum Gasteiger partial charge on any atom is -0.497 e. The lowest BCUT2D eigenvalue weighted by Crippen LogP contribution is -2.12. The van der Waals surface area contributed by atoms with Crippen LogP contribution in [-0.4, -0.2) is 39.8 Å². The zero-order valence-corrected chi connectivity index (χ0v) is 20.4. The Balaban J connectivity index is 1.72. The van der Waals surface area contributed by atoms with Crippen LogP contribution < -0.4 is 14.8 Å². The Morgan fingerprint density at radius 2 is 1.47 bits per heavy atom. The second-order valence-corrected chi connectivity index (χ2v) is 10.4. The summed E-state index contributed by atoms with van der Waals surface area (Å²) in [6.07, 6.45) is 1.10. The molecular weight excluding hydrogens is 472 g/mol. The molecule has 174 valence electrons. The SMILES string of the molecule is COc1ccc(-c2nc(NC(=O)c3cccc(S(C)(=O)=O)c3)sc2-c2ccc(OC)cc2)cc1. The molecule has 0 aliphatic carbocycles. The number of methoxy groups -OCH3 is 2. The number of thiazole rings is 1. The highest BCUT2D eigenvalue weighted by Gasteiger charge is 2.18. The van der Waals surface area contributed by atoms with E-state index in [9.17, 15) is 13.2 Å². The second kappa shape index (κ2) is 9.66. The van der Waals surface area contributed by atoms with Crippen molar-refractivity contribution in [2.24, 2.45) is 0 Å². The fourth-order valence-electron chi connectivity index (χ4n) is 3.29. The van der Waals surface area contributed by atoms with E-state index in [1.807, 2.05) is 48.5 Å². The number of ether oxygens (including phenoxy) is 2. The van der Waals surface area contributed by atoms with Crippen LogP contribution in [-0.2, 0) is 9.84 Å². The number of benzene rings is 3. The molecule has 0 saturated heterocycles. The van der Waals surface area contributed by atoms with Gasteiger partial charge in [0.15, 0.2) is 15.0 Å². The molecule has 1 N–H and O–H groups in total. The molecule has 9 heteroatoms. The van der Waals surface area contributed by atoms with E-state index in [2.05, 4.69) is 10.3 Å². The molecule has 0 saturated carbocycles. The first-order valence-corrected chi connectivity index (χ1v) is 12.9. The number of anilines is 1. The standard InChI is InChI=1S/C25H22N2O5S2/c1-31-19-11-7-16(8-12-19)22-23(17-9-13-20(32-2)14-10-17)33-25(26-22)27-24(28)18-5-4-6-21(15-18)34(3,29)30/h4-15H,1-3H3,(H,26,27,28). The summed E-state index contributed by atoms with van der Waals surface area (Å²) in [4.78, 5) is 18.5. The molecule has 1 heterocycles. The summed E-state index contributed by atoms with van der Waals surface area (Å²) in [5.74, 6) is 1.02. The Kier molecular flexibility index (Phi) is 6.67. The minimum atomic E-state index is -3.43. The summed E-state index contributed by atoms with van der Waals surface area (Å²) in [6, 6.07) is 21.0. The summed E-state index contributed by atoms with van der Waals surface area (Å²) in [5, 5.41) is 3.20. The maximum atomic E-state index is 12.9. The van der Waals surface area contributed by atoms with Gasteiger partial charge in [-0.3, -0.25) is 10.1 Å². The van der Waals surface area contributed by atoms with Crippen LogP contribution in [0.2, 0.25) is 0 Å². The number of carbonyl (C=O) groups is 1. The largest absolute Gasteiger partial charge is 0.497 e. The monoisotopic (exact) mass is 494 g/mol. The summed E-state index contributed by atoms with van der Waals surface area (Å²) in [5.41, 5.74) is 2.72. The van der Waals surface area contributed by atoms with Gasteiger partial charge < -0.3 is 9.47 Å². The van der Waals surface area contributed by atoms with Crippen molar-refractivity contribution in [2.75, 3.05) is 25.8 Å². The molecule has 0 atom stereocenters. The lowest BCUT2D eigenvalue weighted by molar-refractivity contribution is 0.102. The Morgan fingerprint density at radius 3 is 2.03 bits per heavy atom. The van der Waals surface area contributed by atoms with Crippen LogP contribution in [0, 0.1) is 0 Å². The fourth-order valence-corrected chi connectivity index (χ4v) is 4.95. The molecule has 0 unspecified atom stereocenters. The molecule has 4 aromatic rings. The van der Waals surface area contributed by atoms with E-state index < -0.39 is 15.7 Å². The molecule has 0 bridgehead atoms. The summed E-state index contributed by atoms with van der Waals surface area (Å²) < 4.78 is 34.2. The number of rotatable bonds is 7. The van der Waals surface area contributed by atoms with Gasteiger partial charge >= 0.3 is 0 Å². The fraction of sp³-hybridized carbons (Fsp3) is 0.120. The zero-order valence-electron chi connectivity index (χ0n) is 18.7. The molecule has 4 rings (SSSR count). The van der Waals surface area contributed by atoms with Crippen molar-refractivity contribution in [3.05, 3.63) is 78.4 Å². The molecule has 0 radical (unpaired) electrons. The summed E-state index contributed by atoms with van der Waals surface area (Å²) >= 11 is 1.33. The summed E-state index contributed by atoms with van der Waals surface area (Å²) in [6.45, 7) is 0. The lowest BCUT2D eigenvalue weighted by atomic mass is 10.1. The Hall–Kier alpha value is -3.69. The van der Waals surface area contributed by atoms with E-state index in [1.54, 1.807) is 26.4 Å².